The lowest BCUT2D eigenvalue weighted by molar-refractivity contribution is 0.339. The van der Waals surface area contributed by atoms with E-state index in [0.717, 1.165) is 40.7 Å². The van der Waals surface area contributed by atoms with Crippen molar-refractivity contribution in [3.63, 3.8) is 0 Å². The number of rotatable bonds is 4. The van der Waals surface area contributed by atoms with Gasteiger partial charge in [-0.3, -0.25) is 0 Å². The molecule has 2 aromatic rings. The summed E-state index contributed by atoms with van der Waals surface area (Å²) in [6.07, 6.45) is 0. The Morgan fingerprint density at radius 2 is 1.87 bits per heavy atom. The topological polar surface area (TPSA) is 33.6 Å². The summed E-state index contributed by atoms with van der Waals surface area (Å²) in [6, 6.07) is 15.8. The van der Waals surface area contributed by atoms with E-state index in [1.807, 2.05) is 49.4 Å². The second-order valence-electron chi connectivity index (χ2n) is 6.36. The zero-order valence-electron chi connectivity index (χ0n) is 13.0. The van der Waals surface area contributed by atoms with Crippen LogP contribution in [0.1, 0.15) is 11.1 Å². The molecular weight excluding hydrogens is 308 g/mol. The van der Waals surface area contributed by atoms with Crippen LogP contribution in [0.3, 0.4) is 0 Å². The quantitative estimate of drug-likeness (QED) is 0.683. The summed E-state index contributed by atoms with van der Waals surface area (Å²) in [5.74, 6) is 2.58. The van der Waals surface area contributed by atoms with Crippen LogP contribution in [0.2, 0.25) is 5.02 Å². The number of fused-ring (bicyclic) bond motifs is 1. The highest BCUT2D eigenvalue weighted by Crippen LogP contribution is 2.50. The molecule has 2 unspecified atom stereocenters. The van der Waals surface area contributed by atoms with Crippen LogP contribution in [0.5, 0.6) is 5.75 Å². The second kappa shape index (κ2) is 5.99. The third-order valence-electron chi connectivity index (χ3n) is 4.87. The second-order valence-corrected chi connectivity index (χ2v) is 6.76. The van der Waals surface area contributed by atoms with Gasteiger partial charge in [0, 0.05) is 16.5 Å². The number of para-hydroxylation sites is 1. The molecule has 2 atom stereocenters. The molecule has 1 heterocycles. The van der Waals surface area contributed by atoms with Crippen LogP contribution in [0.25, 0.3) is 0 Å². The first kappa shape index (κ1) is 14.7. The van der Waals surface area contributed by atoms with Crippen molar-refractivity contribution in [3.8, 4) is 5.75 Å². The summed E-state index contributed by atoms with van der Waals surface area (Å²) in [5.41, 5.74) is 3.17. The molecule has 23 heavy (non-hydrogen) atoms. The third-order valence-corrected chi connectivity index (χ3v) is 5.27. The van der Waals surface area contributed by atoms with Crippen LogP contribution in [0.15, 0.2) is 53.7 Å². The number of piperidine rings is 1. The van der Waals surface area contributed by atoms with E-state index in [4.69, 9.17) is 16.4 Å². The van der Waals surface area contributed by atoms with Crippen molar-refractivity contribution in [3.05, 3.63) is 64.7 Å². The number of aryl methyl sites for hydroxylation is 1. The van der Waals surface area contributed by atoms with Crippen molar-refractivity contribution in [2.75, 3.05) is 13.1 Å². The fourth-order valence-electron chi connectivity index (χ4n) is 3.47. The number of hydrogen-bond acceptors (Lipinski definition) is 3. The summed E-state index contributed by atoms with van der Waals surface area (Å²) in [4.78, 5) is 5.68. The lowest BCUT2D eigenvalue weighted by Gasteiger charge is -2.11. The Labute approximate surface area is 141 Å². The minimum atomic E-state index is 0.471. The van der Waals surface area contributed by atoms with E-state index in [2.05, 4.69) is 16.5 Å². The van der Waals surface area contributed by atoms with E-state index in [1.165, 1.54) is 0 Å². The molecule has 0 amide bonds. The molecule has 0 radical (unpaired) electrons. The lowest BCUT2D eigenvalue weighted by atomic mass is 10.0. The molecular formula is C19H19ClN2O. The summed E-state index contributed by atoms with van der Waals surface area (Å²) >= 11 is 6.31. The number of oxime groups is 1. The number of hydrogen-bond donors (Lipinski definition) is 1. The van der Waals surface area contributed by atoms with E-state index >= 15 is 0 Å². The number of nitrogens with one attached hydrogen (secondary N) is 1. The van der Waals surface area contributed by atoms with Gasteiger partial charge in [0.2, 0.25) is 0 Å². The fourth-order valence-corrected chi connectivity index (χ4v) is 3.65. The highest BCUT2D eigenvalue weighted by Gasteiger charge is 2.55. The fraction of sp³-hybridized carbons (Fsp3) is 0.316. The predicted molar refractivity (Wildman–Crippen MR) is 93.1 cm³/mol. The average molecular weight is 327 g/mol. The number of halogens is 1. The van der Waals surface area contributed by atoms with Gasteiger partial charge in [-0.15, -0.1) is 0 Å². The Morgan fingerprint density at radius 1 is 1.13 bits per heavy atom. The normalized spacial score (nSPS) is 26.0. The Hall–Kier alpha value is -1.84. The van der Waals surface area contributed by atoms with E-state index in [-0.39, 0.29) is 0 Å². The molecule has 0 bridgehead atoms. The van der Waals surface area contributed by atoms with Crippen LogP contribution >= 0.6 is 11.6 Å². The smallest absolute Gasteiger partial charge is 0.157 e. The molecule has 1 aliphatic heterocycles. The molecule has 1 N–H and O–H groups in total. The average Bonchev–Trinajstić information content (AvgIpc) is 3.03. The molecule has 2 aliphatic rings. The van der Waals surface area contributed by atoms with Crippen LogP contribution in [0.4, 0.5) is 0 Å². The van der Waals surface area contributed by atoms with Gasteiger partial charge >= 0.3 is 0 Å². The summed E-state index contributed by atoms with van der Waals surface area (Å²) in [5, 5.41) is 8.72. The van der Waals surface area contributed by atoms with Crippen LogP contribution in [-0.2, 0) is 0 Å². The molecule has 3 nitrogen and oxygen atoms in total. The number of benzene rings is 2. The van der Waals surface area contributed by atoms with Gasteiger partial charge in [-0.2, -0.15) is 0 Å². The minimum absolute atomic E-state index is 0.471. The highest BCUT2D eigenvalue weighted by atomic mass is 35.5. The zero-order chi connectivity index (χ0) is 15.8. The molecule has 1 saturated carbocycles. The van der Waals surface area contributed by atoms with Gasteiger partial charge in [-0.1, -0.05) is 47.1 Å². The van der Waals surface area contributed by atoms with Crippen molar-refractivity contribution < 1.29 is 4.84 Å². The van der Waals surface area contributed by atoms with Gasteiger partial charge in [-0.25, -0.2) is 0 Å². The van der Waals surface area contributed by atoms with Gasteiger partial charge < -0.3 is 10.2 Å². The first-order valence-corrected chi connectivity index (χ1v) is 8.39. The Kier molecular flexibility index (Phi) is 3.83. The van der Waals surface area contributed by atoms with Crippen molar-refractivity contribution in [2.24, 2.45) is 22.9 Å². The summed E-state index contributed by atoms with van der Waals surface area (Å²) < 4.78 is 0. The van der Waals surface area contributed by atoms with E-state index < -0.39 is 0 Å². The highest BCUT2D eigenvalue weighted by molar-refractivity contribution is 6.31. The third kappa shape index (κ3) is 2.87. The molecule has 2 fully saturated rings. The van der Waals surface area contributed by atoms with Gasteiger partial charge in [0.15, 0.2) is 5.75 Å². The maximum atomic E-state index is 6.31. The minimum Gasteiger partial charge on any atom is -0.357 e. The molecule has 1 saturated heterocycles. The standard InChI is InChI=1S/C19H19ClN2O/c1-12-7-8-13(9-17(12)20)19(18-15-10-21-11-16(15)18)22-23-14-5-3-2-4-6-14/h2-9,15-16,18,21H,10-11H2,1H3. The zero-order valence-corrected chi connectivity index (χ0v) is 13.8. The Balaban J connectivity index is 1.65. The predicted octanol–water partition coefficient (Wildman–Crippen LogP) is 3.90. The monoisotopic (exact) mass is 326 g/mol. The Bertz CT molecular complexity index is 734. The molecule has 118 valence electrons. The van der Waals surface area contributed by atoms with E-state index in [1.54, 1.807) is 0 Å². The van der Waals surface area contributed by atoms with Crippen LogP contribution < -0.4 is 10.2 Å². The molecule has 0 spiro atoms. The van der Waals surface area contributed by atoms with Crippen molar-refractivity contribution >= 4 is 17.3 Å². The maximum absolute atomic E-state index is 6.31. The summed E-state index contributed by atoms with van der Waals surface area (Å²) in [6.45, 7) is 4.15. The first-order chi connectivity index (χ1) is 11.2. The SMILES string of the molecule is Cc1ccc(C(=NOc2ccccc2)C2C3CNCC32)cc1Cl. The van der Waals surface area contributed by atoms with Gasteiger partial charge in [0.05, 0.1) is 5.71 Å². The van der Waals surface area contributed by atoms with Crippen LogP contribution in [0, 0.1) is 24.7 Å². The van der Waals surface area contributed by atoms with Gasteiger partial charge in [0.25, 0.3) is 0 Å². The van der Waals surface area contributed by atoms with Gasteiger partial charge in [-0.05, 0) is 55.6 Å². The van der Waals surface area contributed by atoms with Crippen molar-refractivity contribution in [2.45, 2.75) is 6.92 Å². The van der Waals surface area contributed by atoms with Crippen molar-refractivity contribution in [1.29, 1.82) is 0 Å². The molecule has 4 rings (SSSR count). The maximum Gasteiger partial charge on any atom is 0.157 e. The van der Waals surface area contributed by atoms with Crippen molar-refractivity contribution in [1.82, 2.24) is 5.32 Å². The number of nitrogens with zero attached hydrogens (tertiary/aromatic N) is 1. The molecule has 2 aromatic carbocycles. The Morgan fingerprint density at radius 3 is 2.57 bits per heavy atom. The molecule has 0 aromatic heterocycles. The lowest BCUT2D eigenvalue weighted by Crippen LogP contribution is -2.20. The largest absolute Gasteiger partial charge is 0.357 e. The molecule has 4 heteroatoms. The van der Waals surface area contributed by atoms with E-state index in [0.29, 0.717) is 17.8 Å². The summed E-state index contributed by atoms with van der Waals surface area (Å²) in [7, 11) is 0. The van der Waals surface area contributed by atoms with E-state index in [9.17, 15) is 0 Å². The first-order valence-electron chi connectivity index (χ1n) is 8.01. The molecule has 1 aliphatic carbocycles. The van der Waals surface area contributed by atoms with Gasteiger partial charge in [0.1, 0.15) is 0 Å². The van der Waals surface area contributed by atoms with Crippen LogP contribution in [-0.4, -0.2) is 18.8 Å².